The van der Waals surface area contributed by atoms with E-state index in [1.54, 1.807) is 0 Å². The van der Waals surface area contributed by atoms with Crippen LogP contribution in [0, 0.1) is 11.8 Å². The van der Waals surface area contributed by atoms with Crippen LogP contribution in [-0.2, 0) is 9.84 Å². The number of aliphatic hydroxyl groups is 1. The second-order valence-electron chi connectivity index (χ2n) is 5.48. The Morgan fingerprint density at radius 2 is 2.06 bits per heavy atom. The molecule has 17 heavy (non-hydrogen) atoms. The molecule has 0 radical (unpaired) electrons. The highest BCUT2D eigenvalue weighted by molar-refractivity contribution is 7.91. The number of hydrogen-bond donors (Lipinski definition) is 2. The monoisotopic (exact) mass is 261 g/mol. The first-order valence-electron chi connectivity index (χ1n) is 6.65. The summed E-state index contributed by atoms with van der Waals surface area (Å²) in [4.78, 5) is 0. The molecular formula is C12H23NO3S. The normalized spacial score (nSPS) is 30.1. The van der Waals surface area contributed by atoms with Gasteiger partial charge in [0.2, 0.25) is 0 Å². The van der Waals surface area contributed by atoms with Crippen LogP contribution in [0.1, 0.15) is 32.1 Å². The van der Waals surface area contributed by atoms with Crippen LogP contribution < -0.4 is 5.32 Å². The average molecular weight is 261 g/mol. The number of hydrogen-bond acceptors (Lipinski definition) is 4. The Labute approximate surface area is 104 Å². The van der Waals surface area contributed by atoms with Crippen LogP contribution in [0.4, 0.5) is 0 Å². The molecule has 1 heterocycles. The molecule has 0 aromatic rings. The molecule has 1 saturated heterocycles. The van der Waals surface area contributed by atoms with E-state index in [1.807, 2.05) is 0 Å². The highest BCUT2D eigenvalue weighted by atomic mass is 32.2. The molecule has 1 aliphatic carbocycles. The van der Waals surface area contributed by atoms with Gasteiger partial charge in [-0.3, -0.25) is 0 Å². The Morgan fingerprint density at radius 1 is 1.29 bits per heavy atom. The Bertz CT molecular complexity index is 338. The SMILES string of the molecule is O=S1(=O)CCC(C(CO)CCNC2CCC2)C1. The van der Waals surface area contributed by atoms with Gasteiger partial charge in [0.1, 0.15) is 0 Å². The number of sulfone groups is 1. The van der Waals surface area contributed by atoms with Crippen molar-refractivity contribution in [2.45, 2.75) is 38.1 Å². The second kappa shape index (κ2) is 5.67. The van der Waals surface area contributed by atoms with E-state index in [1.165, 1.54) is 19.3 Å². The summed E-state index contributed by atoms with van der Waals surface area (Å²) in [5, 5.41) is 12.8. The summed E-state index contributed by atoms with van der Waals surface area (Å²) in [6.45, 7) is 1.03. The first-order valence-corrected chi connectivity index (χ1v) is 8.47. The second-order valence-corrected chi connectivity index (χ2v) is 7.71. The van der Waals surface area contributed by atoms with Crippen LogP contribution in [0.25, 0.3) is 0 Å². The van der Waals surface area contributed by atoms with Crippen molar-refractivity contribution in [1.29, 1.82) is 0 Å². The summed E-state index contributed by atoms with van der Waals surface area (Å²) in [5.41, 5.74) is 0. The van der Waals surface area contributed by atoms with Crippen LogP contribution in [0.3, 0.4) is 0 Å². The Balaban J connectivity index is 1.72. The highest BCUT2D eigenvalue weighted by Gasteiger charge is 2.33. The maximum Gasteiger partial charge on any atom is 0.150 e. The lowest BCUT2D eigenvalue weighted by molar-refractivity contribution is 0.172. The number of rotatable bonds is 6. The molecular weight excluding hydrogens is 238 g/mol. The minimum Gasteiger partial charge on any atom is -0.396 e. The lowest BCUT2D eigenvalue weighted by atomic mass is 9.88. The molecule has 2 aliphatic rings. The van der Waals surface area contributed by atoms with Crippen molar-refractivity contribution in [3.8, 4) is 0 Å². The Hall–Kier alpha value is -0.130. The van der Waals surface area contributed by atoms with Crippen LogP contribution in [0.5, 0.6) is 0 Å². The molecule has 2 N–H and O–H groups in total. The molecule has 2 atom stereocenters. The van der Waals surface area contributed by atoms with Gasteiger partial charge in [-0.1, -0.05) is 6.42 Å². The zero-order valence-electron chi connectivity index (χ0n) is 10.3. The summed E-state index contributed by atoms with van der Waals surface area (Å²) >= 11 is 0. The summed E-state index contributed by atoms with van der Waals surface area (Å²) < 4.78 is 22.8. The molecule has 2 rings (SSSR count). The smallest absolute Gasteiger partial charge is 0.150 e. The minimum absolute atomic E-state index is 0.118. The van der Waals surface area contributed by atoms with E-state index in [-0.39, 0.29) is 24.2 Å². The van der Waals surface area contributed by atoms with Gasteiger partial charge in [0.15, 0.2) is 9.84 Å². The maximum absolute atomic E-state index is 11.4. The van der Waals surface area contributed by atoms with E-state index in [9.17, 15) is 13.5 Å². The van der Waals surface area contributed by atoms with Crippen LogP contribution in [0.2, 0.25) is 0 Å². The Kier molecular flexibility index (Phi) is 4.44. The van der Waals surface area contributed by atoms with Gasteiger partial charge in [-0.05, 0) is 44.1 Å². The van der Waals surface area contributed by atoms with Crippen molar-refractivity contribution >= 4 is 9.84 Å². The molecule has 0 amide bonds. The molecule has 2 unspecified atom stereocenters. The zero-order valence-corrected chi connectivity index (χ0v) is 11.1. The summed E-state index contributed by atoms with van der Waals surface area (Å²) in [6, 6.07) is 0.668. The first kappa shape index (κ1) is 13.3. The molecule has 5 heteroatoms. The fourth-order valence-electron chi connectivity index (χ4n) is 2.76. The van der Waals surface area contributed by atoms with Gasteiger partial charge in [0, 0.05) is 12.6 Å². The molecule has 1 saturated carbocycles. The maximum atomic E-state index is 11.4. The van der Waals surface area contributed by atoms with Gasteiger partial charge in [-0.15, -0.1) is 0 Å². The number of aliphatic hydroxyl groups excluding tert-OH is 1. The average Bonchev–Trinajstić information content (AvgIpc) is 2.56. The van der Waals surface area contributed by atoms with E-state index >= 15 is 0 Å². The van der Waals surface area contributed by atoms with E-state index in [4.69, 9.17) is 0 Å². The van der Waals surface area contributed by atoms with Gasteiger partial charge < -0.3 is 10.4 Å². The quantitative estimate of drug-likeness (QED) is 0.733. The topological polar surface area (TPSA) is 66.4 Å². The molecule has 0 bridgehead atoms. The molecule has 0 aromatic heterocycles. The lowest BCUT2D eigenvalue weighted by Gasteiger charge is -2.28. The molecule has 0 aromatic carbocycles. The van der Waals surface area contributed by atoms with Crippen LogP contribution >= 0.6 is 0 Å². The fraction of sp³-hybridized carbons (Fsp3) is 1.00. The third kappa shape index (κ3) is 3.66. The van der Waals surface area contributed by atoms with Gasteiger partial charge in [-0.25, -0.2) is 8.42 Å². The summed E-state index contributed by atoms with van der Waals surface area (Å²) in [5.74, 6) is 0.916. The van der Waals surface area contributed by atoms with Gasteiger partial charge in [0.05, 0.1) is 11.5 Å². The third-order valence-electron chi connectivity index (χ3n) is 4.22. The highest BCUT2D eigenvalue weighted by Crippen LogP contribution is 2.28. The van der Waals surface area contributed by atoms with Gasteiger partial charge >= 0.3 is 0 Å². The Morgan fingerprint density at radius 3 is 2.53 bits per heavy atom. The van der Waals surface area contributed by atoms with Crippen molar-refractivity contribution in [2.75, 3.05) is 24.7 Å². The fourth-order valence-corrected chi connectivity index (χ4v) is 4.68. The van der Waals surface area contributed by atoms with Crippen molar-refractivity contribution < 1.29 is 13.5 Å². The molecule has 1 aliphatic heterocycles. The van der Waals surface area contributed by atoms with Crippen molar-refractivity contribution in [3.05, 3.63) is 0 Å². The molecule has 2 fully saturated rings. The van der Waals surface area contributed by atoms with Gasteiger partial charge in [0.25, 0.3) is 0 Å². The van der Waals surface area contributed by atoms with E-state index in [0.29, 0.717) is 11.8 Å². The van der Waals surface area contributed by atoms with E-state index in [0.717, 1.165) is 19.4 Å². The van der Waals surface area contributed by atoms with Gasteiger partial charge in [-0.2, -0.15) is 0 Å². The third-order valence-corrected chi connectivity index (χ3v) is 6.02. The predicted molar refractivity (Wildman–Crippen MR) is 67.6 cm³/mol. The zero-order chi connectivity index (χ0) is 12.3. The van der Waals surface area contributed by atoms with Crippen molar-refractivity contribution in [3.63, 3.8) is 0 Å². The largest absolute Gasteiger partial charge is 0.396 e. The number of nitrogens with one attached hydrogen (secondary N) is 1. The molecule has 100 valence electrons. The van der Waals surface area contributed by atoms with Crippen LogP contribution in [0.15, 0.2) is 0 Å². The standard InChI is InChI=1S/C12H23NO3S/c14-8-10(4-6-13-12-2-1-3-12)11-5-7-17(15,16)9-11/h10-14H,1-9H2. The van der Waals surface area contributed by atoms with E-state index in [2.05, 4.69) is 5.32 Å². The summed E-state index contributed by atoms with van der Waals surface area (Å²) in [6.07, 6.45) is 5.48. The van der Waals surface area contributed by atoms with Crippen molar-refractivity contribution in [2.24, 2.45) is 11.8 Å². The predicted octanol–water partition coefficient (Wildman–Crippen LogP) is 0.562. The lowest BCUT2D eigenvalue weighted by Crippen LogP contribution is -2.37. The molecule has 0 spiro atoms. The first-order chi connectivity index (χ1) is 8.11. The molecule has 4 nitrogen and oxygen atoms in total. The summed E-state index contributed by atoms with van der Waals surface area (Å²) in [7, 11) is -2.82. The van der Waals surface area contributed by atoms with Crippen molar-refractivity contribution in [1.82, 2.24) is 5.32 Å². The minimum atomic E-state index is -2.82. The van der Waals surface area contributed by atoms with Crippen LogP contribution in [-0.4, -0.2) is 44.2 Å². The van der Waals surface area contributed by atoms with E-state index < -0.39 is 9.84 Å².